The summed E-state index contributed by atoms with van der Waals surface area (Å²) < 4.78 is 18.3. The fraction of sp³-hybridized carbons (Fsp3) is 0.158. The van der Waals surface area contributed by atoms with Crippen LogP contribution in [-0.4, -0.2) is 23.2 Å². The summed E-state index contributed by atoms with van der Waals surface area (Å²) in [5, 5.41) is 10.1. The third kappa shape index (κ3) is 3.52. The molecule has 0 saturated heterocycles. The van der Waals surface area contributed by atoms with Gasteiger partial charge in [-0.25, -0.2) is 4.39 Å². The van der Waals surface area contributed by atoms with E-state index in [1.807, 2.05) is 6.92 Å². The molecule has 0 fully saturated rings. The second kappa shape index (κ2) is 7.17. The lowest BCUT2D eigenvalue weighted by Gasteiger charge is -2.09. The minimum absolute atomic E-state index is 0.265. The predicted octanol–water partition coefficient (Wildman–Crippen LogP) is 4.04. The molecular weight excluding hydrogens is 321 g/mol. The van der Waals surface area contributed by atoms with E-state index in [2.05, 4.69) is 15.5 Å². The van der Waals surface area contributed by atoms with Crippen molar-refractivity contribution in [2.75, 3.05) is 12.4 Å². The summed E-state index contributed by atoms with van der Waals surface area (Å²) >= 11 is 0. The predicted molar refractivity (Wildman–Crippen MR) is 94.3 cm³/mol. The fourth-order valence-corrected chi connectivity index (χ4v) is 2.54. The average molecular weight is 339 g/mol. The van der Waals surface area contributed by atoms with Gasteiger partial charge in [-0.15, -0.1) is 0 Å². The molecule has 0 aliphatic carbocycles. The van der Waals surface area contributed by atoms with Crippen LogP contribution in [0, 0.1) is 5.82 Å². The number of aromatic amines is 1. The van der Waals surface area contributed by atoms with Gasteiger partial charge >= 0.3 is 0 Å². The maximum absolute atomic E-state index is 13.2. The number of carbonyl (C=O) groups excluding carboxylic acids is 1. The molecule has 1 heterocycles. The number of hydrogen-bond donors (Lipinski definition) is 2. The molecule has 0 radical (unpaired) electrons. The number of amides is 1. The number of aryl methyl sites for hydroxylation is 1. The fourth-order valence-electron chi connectivity index (χ4n) is 2.54. The van der Waals surface area contributed by atoms with Gasteiger partial charge in [0.1, 0.15) is 17.3 Å². The van der Waals surface area contributed by atoms with Crippen LogP contribution < -0.4 is 10.1 Å². The number of methoxy groups -OCH3 is 1. The quantitative estimate of drug-likeness (QED) is 0.737. The number of ether oxygens (including phenoxy) is 1. The first kappa shape index (κ1) is 16.7. The molecule has 0 aliphatic heterocycles. The Balaban J connectivity index is 1.94. The molecule has 0 unspecified atom stereocenters. The molecule has 128 valence electrons. The van der Waals surface area contributed by atoms with Gasteiger partial charge in [-0.3, -0.25) is 9.89 Å². The molecule has 0 saturated carbocycles. The molecule has 25 heavy (non-hydrogen) atoms. The van der Waals surface area contributed by atoms with Crippen LogP contribution in [0.2, 0.25) is 0 Å². The van der Waals surface area contributed by atoms with Crippen LogP contribution in [0.4, 0.5) is 10.1 Å². The summed E-state index contributed by atoms with van der Waals surface area (Å²) in [6.45, 7) is 1.96. The van der Waals surface area contributed by atoms with Gasteiger partial charge in [-0.2, -0.15) is 5.10 Å². The van der Waals surface area contributed by atoms with Crippen molar-refractivity contribution < 1.29 is 13.9 Å². The number of nitrogens with one attached hydrogen (secondary N) is 2. The molecule has 3 aromatic rings. The van der Waals surface area contributed by atoms with Crippen molar-refractivity contribution in [2.24, 2.45) is 0 Å². The van der Waals surface area contributed by atoms with Gasteiger partial charge in [0.2, 0.25) is 0 Å². The van der Waals surface area contributed by atoms with E-state index in [4.69, 9.17) is 4.74 Å². The van der Waals surface area contributed by atoms with E-state index < -0.39 is 0 Å². The zero-order valence-corrected chi connectivity index (χ0v) is 14.0. The number of carbonyl (C=O) groups is 1. The van der Waals surface area contributed by atoms with Crippen molar-refractivity contribution >= 4 is 11.6 Å². The smallest absolute Gasteiger partial charge is 0.255 e. The number of benzene rings is 2. The molecular formula is C19H18FN3O2. The van der Waals surface area contributed by atoms with E-state index in [0.717, 1.165) is 11.3 Å². The molecule has 3 rings (SSSR count). The van der Waals surface area contributed by atoms with Gasteiger partial charge in [-0.05, 0) is 48.9 Å². The summed E-state index contributed by atoms with van der Waals surface area (Å²) in [4.78, 5) is 12.6. The number of halogens is 1. The van der Waals surface area contributed by atoms with Crippen LogP contribution >= 0.6 is 0 Å². The van der Waals surface area contributed by atoms with Gasteiger partial charge in [0.15, 0.2) is 0 Å². The summed E-state index contributed by atoms with van der Waals surface area (Å²) in [6, 6.07) is 12.9. The number of H-pyrrole nitrogens is 1. The Morgan fingerprint density at radius 1 is 1.24 bits per heavy atom. The third-order valence-corrected chi connectivity index (χ3v) is 3.88. The maximum atomic E-state index is 13.2. The van der Waals surface area contributed by atoms with Crippen LogP contribution in [0.25, 0.3) is 11.3 Å². The van der Waals surface area contributed by atoms with Gasteiger partial charge in [0, 0.05) is 11.1 Å². The van der Waals surface area contributed by atoms with Gasteiger partial charge in [-0.1, -0.05) is 13.0 Å². The first-order valence-electron chi connectivity index (χ1n) is 7.91. The van der Waals surface area contributed by atoms with Crippen molar-refractivity contribution in [2.45, 2.75) is 13.3 Å². The van der Waals surface area contributed by atoms with E-state index in [9.17, 15) is 9.18 Å². The molecule has 6 heteroatoms. The monoisotopic (exact) mass is 339 g/mol. The second-order valence-corrected chi connectivity index (χ2v) is 5.47. The standard InChI is InChI=1S/C19H18FN3O2/c1-3-16-18(17(23-22-16)12-7-9-14(20)10-8-12)21-19(24)13-5-4-6-15(11-13)25-2/h4-11H,3H2,1-2H3,(H,21,24)(H,22,23). The summed E-state index contributed by atoms with van der Waals surface area (Å²) in [6.07, 6.45) is 0.669. The molecule has 1 amide bonds. The first-order valence-corrected chi connectivity index (χ1v) is 7.91. The molecule has 2 N–H and O–H groups in total. The highest BCUT2D eigenvalue weighted by Crippen LogP contribution is 2.30. The van der Waals surface area contributed by atoms with E-state index in [-0.39, 0.29) is 11.7 Å². The van der Waals surface area contributed by atoms with Crippen LogP contribution in [0.3, 0.4) is 0 Å². The van der Waals surface area contributed by atoms with Gasteiger partial charge in [0.25, 0.3) is 5.91 Å². The van der Waals surface area contributed by atoms with Gasteiger partial charge in [0.05, 0.1) is 18.5 Å². The van der Waals surface area contributed by atoms with Crippen LogP contribution in [0.15, 0.2) is 48.5 Å². The Bertz CT molecular complexity index is 888. The zero-order chi connectivity index (χ0) is 17.8. The summed E-state index contributed by atoms with van der Waals surface area (Å²) in [5.74, 6) is 0.0182. The second-order valence-electron chi connectivity index (χ2n) is 5.47. The van der Waals surface area contributed by atoms with E-state index in [1.165, 1.54) is 12.1 Å². The van der Waals surface area contributed by atoms with E-state index in [0.29, 0.717) is 29.1 Å². The zero-order valence-electron chi connectivity index (χ0n) is 14.0. The lowest BCUT2D eigenvalue weighted by Crippen LogP contribution is -2.13. The minimum atomic E-state index is -0.322. The minimum Gasteiger partial charge on any atom is -0.497 e. The lowest BCUT2D eigenvalue weighted by atomic mass is 10.1. The Morgan fingerprint density at radius 3 is 2.68 bits per heavy atom. The lowest BCUT2D eigenvalue weighted by molar-refractivity contribution is 0.102. The van der Waals surface area contributed by atoms with Crippen LogP contribution in [0.1, 0.15) is 23.0 Å². The Hall–Kier alpha value is -3.15. The van der Waals surface area contributed by atoms with Crippen LogP contribution in [-0.2, 0) is 6.42 Å². The summed E-state index contributed by atoms with van der Waals surface area (Å²) in [7, 11) is 1.55. The average Bonchev–Trinajstić information content (AvgIpc) is 3.05. The molecule has 0 atom stereocenters. The van der Waals surface area contributed by atoms with Gasteiger partial charge < -0.3 is 10.1 Å². The highest BCUT2D eigenvalue weighted by atomic mass is 19.1. The number of rotatable bonds is 5. The molecule has 1 aromatic heterocycles. The maximum Gasteiger partial charge on any atom is 0.255 e. The van der Waals surface area contributed by atoms with E-state index in [1.54, 1.807) is 43.5 Å². The van der Waals surface area contributed by atoms with E-state index >= 15 is 0 Å². The number of aromatic nitrogens is 2. The topological polar surface area (TPSA) is 67.0 Å². The highest BCUT2D eigenvalue weighted by Gasteiger charge is 2.17. The number of hydrogen-bond acceptors (Lipinski definition) is 3. The molecule has 0 spiro atoms. The SMILES string of the molecule is CCc1[nH]nc(-c2ccc(F)cc2)c1NC(=O)c1cccc(OC)c1. The third-order valence-electron chi connectivity index (χ3n) is 3.88. The van der Waals surface area contributed by atoms with Crippen molar-refractivity contribution in [3.8, 4) is 17.0 Å². The largest absolute Gasteiger partial charge is 0.497 e. The molecule has 0 aliphatic rings. The van der Waals surface area contributed by atoms with Crippen molar-refractivity contribution in [1.82, 2.24) is 10.2 Å². The van der Waals surface area contributed by atoms with Crippen molar-refractivity contribution in [3.05, 3.63) is 65.6 Å². The molecule has 2 aromatic carbocycles. The summed E-state index contributed by atoms with van der Waals surface area (Å²) in [5.41, 5.74) is 3.18. The molecule has 0 bridgehead atoms. The normalized spacial score (nSPS) is 10.5. The number of nitrogens with zero attached hydrogens (tertiary/aromatic N) is 1. The van der Waals surface area contributed by atoms with Crippen molar-refractivity contribution in [1.29, 1.82) is 0 Å². The molecule has 5 nitrogen and oxygen atoms in total. The van der Waals surface area contributed by atoms with Crippen LogP contribution in [0.5, 0.6) is 5.75 Å². The Morgan fingerprint density at radius 2 is 2.00 bits per heavy atom. The van der Waals surface area contributed by atoms with Crippen molar-refractivity contribution in [3.63, 3.8) is 0 Å². The first-order chi connectivity index (χ1) is 12.1. The Labute approximate surface area is 144 Å². The Kier molecular flexibility index (Phi) is 4.79. The highest BCUT2D eigenvalue weighted by molar-refractivity contribution is 6.06. The number of anilines is 1.